The average molecular weight is 501 g/mol. The summed E-state index contributed by atoms with van der Waals surface area (Å²) in [6, 6.07) is 46.5. The lowest BCUT2D eigenvalue weighted by Crippen LogP contribution is -1.86. The van der Waals surface area contributed by atoms with E-state index in [-0.39, 0.29) is 0 Å². The van der Waals surface area contributed by atoms with Gasteiger partial charge in [0.1, 0.15) is 11.5 Å². The topological polar surface area (TPSA) is 40.8 Å². The Morgan fingerprint density at radius 1 is 0.359 bits per heavy atom. The highest BCUT2D eigenvalue weighted by molar-refractivity contribution is 6.12. The number of hydrogen-bond acceptors (Lipinski definition) is 1. The van der Waals surface area contributed by atoms with Crippen molar-refractivity contribution < 1.29 is 4.74 Å². The fraction of sp³-hybridized carbons (Fsp3) is 0. The van der Waals surface area contributed by atoms with Crippen LogP contribution in [0.15, 0.2) is 133 Å². The van der Waals surface area contributed by atoms with Crippen molar-refractivity contribution in [3.05, 3.63) is 133 Å². The smallest absolute Gasteiger partial charge is 0.127 e. The lowest BCUT2D eigenvalue weighted by atomic mass is 10.0. The van der Waals surface area contributed by atoms with Crippen LogP contribution in [0.25, 0.3) is 65.9 Å². The molecule has 0 aliphatic heterocycles. The Balaban J connectivity index is 1.07. The van der Waals surface area contributed by atoms with Gasteiger partial charge in [0.2, 0.25) is 0 Å². The van der Waals surface area contributed by atoms with Crippen LogP contribution >= 0.6 is 0 Å². The van der Waals surface area contributed by atoms with E-state index in [1.807, 2.05) is 24.3 Å². The third kappa shape index (κ3) is 3.59. The first kappa shape index (κ1) is 21.8. The number of hydrogen-bond donors (Lipinski definition) is 2. The molecule has 3 nitrogen and oxygen atoms in total. The van der Waals surface area contributed by atoms with Crippen molar-refractivity contribution in [1.82, 2.24) is 9.97 Å². The van der Waals surface area contributed by atoms with E-state index in [0.717, 1.165) is 44.7 Å². The number of aromatic nitrogens is 2. The molecule has 6 aromatic carbocycles. The summed E-state index contributed by atoms with van der Waals surface area (Å²) in [6.45, 7) is 0. The van der Waals surface area contributed by atoms with Crippen LogP contribution in [0.2, 0.25) is 0 Å². The van der Waals surface area contributed by atoms with Gasteiger partial charge in [0.15, 0.2) is 0 Å². The van der Waals surface area contributed by atoms with Crippen LogP contribution < -0.4 is 4.74 Å². The van der Waals surface area contributed by atoms with Gasteiger partial charge in [0.05, 0.1) is 11.0 Å². The second kappa shape index (κ2) is 8.64. The van der Waals surface area contributed by atoms with Gasteiger partial charge < -0.3 is 14.7 Å². The maximum Gasteiger partial charge on any atom is 0.127 e. The molecule has 0 aliphatic rings. The molecule has 3 heteroatoms. The van der Waals surface area contributed by atoms with Gasteiger partial charge in [-0.2, -0.15) is 0 Å². The highest BCUT2D eigenvalue weighted by Crippen LogP contribution is 2.36. The fourth-order valence-corrected chi connectivity index (χ4v) is 5.77. The van der Waals surface area contributed by atoms with Crippen molar-refractivity contribution in [3.8, 4) is 33.8 Å². The predicted molar refractivity (Wildman–Crippen MR) is 163 cm³/mol. The van der Waals surface area contributed by atoms with Crippen LogP contribution in [0.4, 0.5) is 0 Å². The third-order valence-corrected chi connectivity index (χ3v) is 7.65. The third-order valence-electron chi connectivity index (χ3n) is 7.65. The second-order valence-corrected chi connectivity index (χ2v) is 9.95. The summed E-state index contributed by atoms with van der Waals surface area (Å²) in [5.41, 5.74) is 9.31. The van der Waals surface area contributed by atoms with Gasteiger partial charge in [-0.25, -0.2) is 0 Å². The zero-order chi connectivity index (χ0) is 25.8. The Morgan fingerprint density at radius 3 is 1.23 bits per heavy atom. The van der Waals surface area contributed by atoms with E-state index in [0.29, 0.717) is 0 Å². The number of fused-ring (bicyclic) bond motifs is 6. The largest absolute Gasteiger partial charge is 0.457 e. The summed E-state index contributed by atoms with van der Waals surface area (Å²) in [6.07, 6.45) is 0. The Labute approximate surface area is 225 Å². The van der Waals surface area contributed by atoms with Gasteiger partial charge in [0.25, 0.3) is 0 Å². The molecule has 2 N–H and O–H groups in total. The summed E-state index contributed by atoms with van der Waals surface area (Å²) < 4.78 is 6.22. The molecule has 0 unspecified atom stereocenters. The summed E-state index contributed by atoms with van der Waals surface area (Å²) in [4.78, 5) is 7.21. The standard InChI is InChI=1S/C36H24N2O/c1-3-13-33-29(7-1)31-11-5-9-27(35(31)37-33)23-15-19-25(20-16-23)39-26-21-17-24(18-22-26)28-10-6-12-32-30-8-2-4-14-34(30)38-36(28)32/h1-22,37-38H. The normalized spacial score (nSPS) is 11.6. The van der Waals surface area contributed by atoms with E-state index in [9.17, 15) is 0 Å². The van der Waals surface area contributed by atoms with Crippen LogP contribution in [0.1, 0.15) is 0 Å². The van der Waals surface area contributed by atoms with E-state index in [1.54, 1.807) is 0 Å². The van der Waals surface area contributed by atoms with Crippen LogP contribution in [-0.4, -0.2) is 9.97 Å². The Morgan fingerprint density at radius 2 is 0.769 bits per heavy atom. The molecule has 0 spiro atoms. The molecule has 8 rings (SSSR count). The highest BCUT2D eigenvalue weighted by atomic mass is 16.5. The van der Waals surface area contributed by atoms with Gasteiger partial charge >= 0.3 is 0 Å². The van der Waals surface area contributed by atoms with E-state index >= 15 is 0 Å². The number of H-pyrrole nitrogens is 2. The fourth-order valence-electron chi connectivity index (χ4n) is 5.77. The number of nitrogens with one attached hydrogen (secondary N) is 2. The minimum Gasteiger partial charge on any atom is -0.457 e. The number of rotatable bonds is 4. The average Bonchev–Trinajstić information content (AvgIpc) is 3.57. The Hall–Kier alpha value is -5.28. The molecule has 0 aliphatic carbocycles. The summed E-state index contributed by atoms with van der Waals surface area (Å²) in [7, 11) is 0. The molecule has 2 aromatic heterocycles. The lowest BCUT2D eigenvalue weighted by molar-refractivity contribution is 0.483. The first-order chi connectivity index (χ1) is 19.3. The van der Waals surface area contributed by atoms with Gasteiger partial charge in [0, 0.05) is 43.7 Å². The second-order valence-electron chi connectivity index (χ2n) is 9.95. The zero-order valence-corrected chi connectivity index (χ0v) is 21.1. The zero-order valence-electron chi connectivity index (χ0n) is 21.1. The van der Waals surface area contributed by atoms with E-state index in [2.05, 4.69) is 119 Å². The molecular weight excluding hydrogens is 476 g/mol. The van der Waals surface area contributed by atoms with Gasteiger partial charge in [-0.1, -0.05) is 97.1 Å². The van der Waals surface area contributed by atoms with Crippen LogP contribution in [0.3, 0.4) is 0 Å². The molecule has 0 saturated carbocycles. The van der Waals surface area contributed by atoms with Crippen molar-refractivity contribution in [2.75, 3.05) is 0 Å². The molecule has 0 atom stereocenters. The molecule has 0 bridgehead atoms. The van der Waals surface area contributed by atoms with Gasteiger partial charge in [-0.15, -0.1) is 0 Å². The quantitative estimate of drug-likeness (QED) is 0.248. The predicted octanol–water partition coefficient (Wildman–Crippen LogP) is 10.1. The lowest BCUT2D eigenvalue weighted by Gasteiger charge is -2.09. The minimum atomic E-state index is 0.813. The van der Waals surface area contributed by atoms with Gasteiger partial charge in [-0.3, -0.25) is 0 Å². The first-order valence-electron chi connectivity index (χ1n) is 13.2. The van der Waals surface area contributed by atoms with Gasteiger partial charge in [-0.05, 0) is 47.5 Å². The minimum absolute atomic E-state index is 0.813. The van der Waals surface area contributed by atoms with Crippen molar-refractivity contribution in [2.24, 2.45) is 0 Å². The molecule has 0 radical (unpaired) electrons. The number of aromatic amines is 2. The molecule has 184 valence electrons. The Bertz CT molecular complexity index is 1980. The SMILES string of the molecule is c1ccc2c(c1)[nH]c1c(-c3ccc(Oc4ccc(-c5cccc6c5[nH]c5ccccc56)cc4)cc3)cccc12. The van der Waals surface area contributed by atoms with Crippen molar-refractivity contribution in [2.45, 2.75) is 0 Å². The molecule has 0 amide bonds. The summed E-state index contributed by atoms with van der Waals surface area (Å²) in [5.74, 6) is 1.63. The van der Waals surface area contributed by atoms with E-state index in [4.69, 9.17) is 4.74 Å². The Kier molecular flexibility index (Phi) is 4.82. The summed E-state index contributed by atoms with van der Waals surface area (Å²) in [5, 5.41) is 4.98. The maximum absolute atomic E-state index is 6.22. The monoisotopic (exact) mass is 500 g/mol. The first-order valence-corrected chi connectivity index (χ1v) is 13.2. The van der Waals surface area contributed by atoms with Crippen LogP contribution in [-0.2, 0) is 0 Å². The molecule has 0 saturated heterocycles. The highest BCUT2D eigenvalue weighted by Gasteiger charge is 2.11. The number of ether oxygens (including phenoxy) is 1. The van der Waals surface area contributed by atoms with Crippen molar-refractivity contribution >= 4 is 43.6 Å². The van der Waals surface area contributed by atoms with E-state index in [1.165, 1.54) is 32.7 Å². The molecule has 8 aromatic rings. The van der Waals surface area contributed by atoms with Crippen molar-refractivity contribution in [1.29, 1.82) is 0 Å². The van der Waals surface area contributed by atoms with E-state index < -0.39 is 0 Å². The van der Waals surface area contributed by atoms with Crippen LogP contribution in [0, 0.1) is 0 Å². The number of benzene rings is 6. The molecular formula is C36H24N2O. The van der Waals surface area contributed by atoms with Crippen molar-refractivity contribution in [3.63, 3.8) is 0 Å². The van der Waals surface area contributed by atoms with Crippen LogP contribution in [0.5, 0.6) is 11.5 Å². The molecule has 0 fully saturated rings. The molecule has 39 heavy (non-hydrogen) atoms. The number of para-hydroxylation sites is 4. The maximum atomic E-state index is 6.22. The summed E-state index contributed by atoms with van der Waals surface area (Å²) >= 11 is 0. The molecule has 2 heterocycles.